The average Bonchev–Trinajstić information content (AvgIpc) is 2.46. The van der Waals surface area contributed by atoms with Gasteiger partial charge in [-0.1, -0.05) is 24.6 Å². The van der Waals surface area contributed by atoms with Gasteiger partial charge in [0.25, 0.3) is 0 Å². The zero-order valence-corrected chi connectivity index (χ0v) is 12.2. The van der Waals surface area contributed by atoms with Gasteiger partial charge in [0, 0.05) is 6.92 Å². The van der Waals surface area contributed by atoms with Crippen LogP contribution in [0.25, 0.3) is 10.8 Å². The largest absolute Gasteiger partial charge is 0.454 e. The molecule has 0 aromatic heterocycles. The van der Waals surface area contributed by atoms with Crippen molar-refractivity contribution in [3.63, 3.8) is 0 Å². The van der Waals surface area contributed by atoms with Crippen molar-refractivity contribution in [1.82, 2.24) is 0 Å². The second kappa shape index (κ2) is 5.47. The zero-order chi connectivity index (χ0) is 14.9. The van der Waals surface area contributed by atoms with Crippen molar-refractivity contribution in [3.05, 3.63) is 47.8 Å². The van der Waals surface area contributed by atoms with Gasteiger partial charge in [-0.05, 0) is 60.2 Å². The van der Waals surface area contributed by atoms with Gasteiger partial charge in [-0.25, -0.2) is 4.39 Å². The number of esters is 1. The quantitative estimate of drug-likeness (QED) is 0.748. The lowest BCUT2D eigenvalue weighted by Crippen LogP contribution is -2.34. The lowest BCUT2D eigenvalue weighted by molar-refractivity contribution is -0.162. The van der Waals surface area contributed by atoms with Crippen molar-refractivity contribution in [2.24, 2.45) is 0 Å². The van der Waals surface area contributed by atoms with E-state index in [4.69, 9.17) is 4.74 Å². The Labute approximate surface area is 123 Å². The fourth-order valence-corrected chi connectivity index (χ4v) is 3.35. The van der Waals surface area contributed by atoms with Gasteiger partial charge in [-0.2, -0.15) is 0 Å². The molecule has 110 valence electrons. The molecule has 1 fully saturated rings. The maximum absolute atomic E-state index is 13.4. The molecule has 2 aromatic carbocycles. The van der Waals surface area contributed by atoms with E-state index in [0.29, 0.717) is 0 Å². The third-order valence-corrected chi connectivity index (χ3v) is 4.33. The van der Waals surface area contributed by atoms with Crippen LogP contribution in [0.1, 0.15) is 44.6 Å². The van der Waals surface area contributed by atoms with E-state index in [1.807, 2.05) is 18.2 Å². The molecule has 3 heteroatoms. The third-order valence-electron chi connectivity index (χ3n) is 4.33. The van der Waals surface area contributed by atoms with Crippen molar-refractivity contribution >= 4 is 16.7 Å². The van der Waals surface area contributed by atoms with E-state index < -0.39 is 5.60 Å². The molecule has 2 aromatic rings. The van der Waals surface area contributed by atoms with Crippen LogP contribution in [0, 0.1) is 5.82 Å². The van der Waals surface area contributed by atoms with Gasteiger partial charge in [-0.15, -0.1) is 0 Å². The molecule has 0 saturated heterocycles. The first-order valence-corrected chi connectivity index (χ1v) is 7.48. The number of benzene rings is 2. The summed E-state index contributed by atoms with van der Waals surface area (Å²) in [4.78, 5) is 11.5. The van der Waals surface area contributed by atoms with E-state index in [1.165, 1.54) is 25.5 Å². The molecular weight excluding hydrogens is 267 g/mol. The molecule has 2 nitrogen and oxygen atoms in total. The lowest BCUT2D eigenvalue weighted by Gasteiger charge is -2.37. The first kappa shape index (κ1) is 14.1. The topological polar surface area (TPSA) is 26.3 Å². The molecule has 0 atom stereocenters. The van der Waals surface area contributed by atoms with E-state index in [9.17, 15) is 9.18 Å². The van der Waals surface area contributed by atoms with Crippen LogP contribution < -0.4 is 0 Å². The van der Waals surface area contributed by atoms with Gasteiger partial charge in [0.05, 0.1) is 0 Å². The molecule has 3 rings (SSSR count). The van der Waals surface area contributed by atoms with Gasteiger partial charge >= 0.3 is 5.97 Å². The van der Waals surface area contributed by atoms with Gasteiger partial charge in [-0.3, -0.25) is 4.79 Å². The maximum Gasteiger partial charge on any atom is 0.303 e. The summed E-state index contributed by atoms with van der Waals surface area (Å²) in [5.41, 5.74) is 0.445. The number of halogens is 1. The molecule has 0 heterocycles. The first-order chi connectivity index (χ1) is 10.1. The summed E-state index contributed by atoms with van der Waals surface area (Å²) in [7, 11) is 0. The predicted octanol–water partition coefficient (Wildman–Crippen LogP) is 4.70. The highest BCUT2D eigenvalue weighted by molar-refractivity contribution is 5.83. The molecule has 0 spiro atoms. The smallest absolute Gasteiger partial charge is 0.303 e. The van der Waals surface area contributed by atoms with Crippen LogP contribution in [0.4, 0.5) is 4.39 Å². The average molecular weight is 286 g/mol. The summed E-state index contributed by atoms with van der Waals surface area (Å²) in [5.74, 6) is -0.499. The van der Waals surface area contributed by atoms with Gasteiger partial charge in [0.1, 0.15) is 11.4 Å². The molecule has 0 bridgehead atoms. The lowest BCUT2D eigenvalue weighted by atomic mass is 9.79. The second-order valence-electron chi connectivity index (χ2n) is 5.85. The van der Waals surface area contributed by atoms with Gasteiger partial charge in [0.15, 0.2) is 0 Å². The van der Waals surface area contributed by atoms with Gasteiger partial charge < -0.3 is 4.74 Å². The molecule has 1 aliphatic rings. The molecule has 1 saturated carbocycles. The molecule has 0 radical (unpaired) electrons. The maximum atomic E-state index is 13.4. The minimum absolute atomic E-state index is 0.246. The number of fused-ring (bicyclic) bond motifs is 1. The Kier molecular flexibility index (Phi) is 3.66. The van der Waals surface area contributed by atoms with Crippen LogP contribution in [0.3, 0.4) is 0 Å². The normalized spacial score (nSPS) is 17.6. The zero-order valence-electron chi connectivity index (χ0n) is 12.2. The van der Waals surface area contributed by atoms with E-state index in [2.05, 4.69) is 0 Å². The van der Waals surface area contributed by atoms with E-state index in [1.54, 1.807) is 6.07 Å². The molecule has 21 heavy (non-hydrogen) atoms. The molecule has 1 aliphatic carbocycles. The Bertz CT molecular complexity index is 672. The minimum Gasteiger partial charge on any atom is -0.454 e. The highest BCUT2D eigenvalue weighted by atomic mass is 19.1. The van der Waals surface area contributed by atoms with Crippen LogP contribution in [-0.2, 0) is 15.1 Å². The SMILES string of the molecule is CC(=O)OC1(c2ccc3ccc(F)cc3c2)CCCCC1. The number of hydrogen-bond acceptors (Lipinski definition) is 2. The Morgan fingerprint density at radius 1 is 1.05 bits per heavy atom. The summed E-state index contributed by atoms with van der Waals surface area (Å²) in [6.07, 6.45) is 4.95. The predicted molar refractivity (Wildman–Crippen MR) is 80.4 cm³/mol. The molecular formula is C18H19FO2. The van der Waals surface area contributed by atoms with E-state index in [0.717, 1.165) is 42.0 Å². The van der Waals surface area contributed by atoms with E-state index >= 15 is 0 Å². The van der Waals surface area contributed by atoms with Crippen LogP contribution in [0.15, 0.2) is 36.4 Å². The van der Waals surface area contributed by atoms with Crippen LogP contribution in [0.2, 0.25) is 0 Å². The third kappa shape index (κ3) is 2.78. The fourth-order valence-electron chi connectivity index (χ4n) is 3.35. The Morgan fingerprint density at radius 3 is 2.48 bits per heavy atom. The first-order valence-electron chi connectivity index (χ1n) is 7.48. The second-order valence-corrected chi connectivity index (χ2v) is 5.85. The van der Waals surface area contributed by atoms with Crippen molar-refractivity contribution in [3.8, 4) is 0 Å². The Morgan fingerprint density at radius 2 is 1.76 bits per heavy atom. The Hall–Kier alpha value is -1.90. The minimum atomic E-state index is -0.537. The number of rotatable bonds is 2. The number of carbonyl (C=O) groups is 1. The number of hydrogen-bond donors (Lipinski definition) is 0. The summed E-state index contributed by atoms with van der Waals surface area (Å²) in [5, 5.41) is 1.85. The summed E-state index contributed by atoms with van der Waals surface area (Å²) in [6.45, 7) is 1.46. The van der Waals surface area contributed by atoms with Crippen LogP contribution in [0.5, 0.6) is 0 Å². The molecule has 0 amide bonds. The van der Waals surface area contributed by atoms with E-state index in [-0.39, 0.29) is 11.8 Å². The number of ether oxygens (including phenoxy) is 1. The van der Waals surface area contributed by atoms with Crippen molar-refractivity contribution in [2.75, 3.05) is 0 Å². The molecule has 0 aliphatic heterocycles. The monoisotopic (exact) mass is 286 g/mol. The van der Waals surface area contributed by atoms with Crippen LogP contribution >= 0.6 is 0 Å². The standard InChI is InChI=1S/C18H19FO2/c1-13(20)21-18(9-3-2-4-10-18)16-7-5-14-6-8-17(19)12-15(14)11-16/h5-8,11-12H,2-4,9-10H2,1H3. The molecule has 0 unspecified atom stereocenters. The highest BCUT2D eigenvalue weighted by Crippen LogP contribution is 2.41. The summed E-state index contributed by atoms with van der Waals surface area (Å²) >= 11 is 0. The van der Waals surface area contributed by atoms with Gasteiger partial charge in [0.2, 0.25) is 0 Å². The van der Waals surface area contributed by atoms with Crippen LogP contribution in [-0.4, -0.2) is 5.97 Å². The van der Waals surface area contributed by atoms with Crippen molar-refractivity contribution in [2.45, 2.75) is 44.6 Å². The molecule has 0 N–H and O–H groups in total. The Balaban J connectivity index is 2.07. The van der Waals surface area contributed by atoms with Crippen molar-refractivity contribution < 1.29 is 13.9 Å². The fraction of sp³-hybridized carbons (Fsp3) is 0.389. The van der Waals surface area contributed by atoms with Crippen molar-refractivity contribution in [1.29, 1.82) is 0 Å². The summed E-state index contributed by atoms with van der Waals surface area (Å²) < 4.78 is 19.1. The summed E-state index contributed by atoms with van der Waals surface area (Å²) in [6, 6.07) is 10.7. The highest BCUT2D eigenvalue weighted by Gasteiger charge is 2.37. The number of carbonyl (C=O) groups excluding carboxylic acids is 1.